The Morgan fingerprint density at radius 3 is 2.43 bits per heavy atom. The van der Waals surface area contributed by atoms with E-state index in [4.69, 9.17) is 4.74 Å². The largest absolute Gasteiger partial charge is 0.481 e. The number of carbonyl (C=O) groups excluding carboxylic acids is 1. The van der Waals surface area contributed by atoms with Gasteiger partial charge in [0.25, 0.3) is 0 Å². The fraction of sp³-hybridized carbons (Fsp3) is 0.375. The van der Waals surface area contributed by atoms with E-state index in [-0.39, 0.29) is 5.91 Å². The smallest absolute Gasteiger partial charge is 0.310 e. The SMILES string of the molecule is Cc1ccc(NC(=O)[C@@H]2[C@@H](C(=O)O)[C@@H]3C=C[C@@H]2O3)c(C)c1. The number of nitrogens with one attached hydrogen (secondary N) is 1. The van der Waals surface area contributed by atoms with Gasteiger partial charge in [0.1, 0.15) is 5.92 Å². The standard InChI is InChI=1S/C16H17NO4/c1-8-3-4-10(9(2)7-8)17-15(18)13-11-5-6-12(21-11)14(13)16(19)20/h3-7,11-14H,1-2H3,(H,17,18)(H,19,20)/t11-,12-,13-,14-/m0/s1. The summed E-state index contributed by atoms with van der Waals surface area (Å²) in [5, 5.41) is 12.2. The van der Waals surface area contributed by atoms with E-state index in [0.29, 0.717) is 5.69 Å². The van der Waals surface area contributed by atoms with Crippen molar-refractivity contribution in [3.05, 3.63) is 41.5 Å². The van der Waals surface area contributed by atoms with Gasteiger partial charge in [0.15, 0.2) is 0 Å². The molecule has 0 spiro atoms. The number of hydrogen-bond donors (Lipinski definition) is 2. The number of hydrogen-bond acceptors (Lipinski definition) is 3. The van der Waals surface area contributed by atoms with E-state index in [1.165, 1.54) is 0 Å². The average Bonchev–Trinajstić information content (AvgIpc) is 3.02. The first kappa shape index (κ1) is 13.8. The van der Waals surface area contributed by atoms with Crippen LogP contribution < -0.4 is 5.32 Å². The minimum Gasteiger partial charge on any atom is -0.481 e. The molecule has 1 amide bonds. The third kappa shape index (κ3) is 2.34. The number of carboxylic acids is 1. The van der Waals surface area contributed by atoms with Crippen LogP contribution >= 0.6 is 0 Å². The summed E-state index contributed by atoms with van der Waals surface area (Å²) in [7, 11) is 0. The van der Waals surface area contributed by atoms with Crippen molar-refractivity contribution in [2.24, 2.45) is 11.8 Å². The Balaban J connectivity index is 1.82. The van der Waals surface area contributed by atoms with Gasteiger partial charge in [-0.25, -0.2) is 0 Å². The molecule has 2 N–H and O–H groups in total. The Bertz CT molecular complexity index is 637. The molecule has 2 aliphatic heterocycles. The van der Waals surface area contributed by atoms with Crippen LogP contribution in [0.3, 0.4) is 0 Å². The first-order valence-corrected chi connectivity index (χ1v) is 6.92. The number of ether oxygens (including phenoxy) is 1. The molecular formula is C16H17NO4. The lowest BCUT2D eigenvalue weighted by atomic mass is 9.82. The Hall–Kier alpha value is -2.14. The Labute approximate surface area is 122 Å². The third-order valence-electron chi connectivity index (χ3n) is 4.13. The van der Waals surface area contributed by atoms with E-state index < -0.39 is 30.0 Å². The second kappa shape index (κ2) is 5.00. The number of amides is 1. The Morgan fingerprint density at radius 1 is 1.14 bits per heavy atom. The van der Waals surface area contributed by atoms with Crippen molar-refractivity contribution in [3.63, 3.8) is 0 Å². The maximum absolute atomic E-state index is 12.5. The van der Waals surface area contributed by atoms with Crippen LogP contribution in [0, 0.1) is 25.7 Å². The molecule has 0 aliphatic carbocycles. The van der Waals surface area contributed by atoms with Gasteiger partial charge in [-0.05, 0) is 25.5 Å². The summed E-state index contributed by atoms with van der Waals surface area (Å²) in [4.78, 5) is 23.8. The molecule has 1 saturated heterocycles. The third-order valence-corrected chi connectivity index (χ3v) is 4.13. The van der Waals surface area contributed by atoms with Crippen LogP contribution in [-0.2, 0) is 14.3 Å². The predicted octanol–water partition coefficient (Wildman–Crippen LogP) is 1.90. The lowest BCUT2D eigenvalue weighted by molar-refractivity contribution is -0.145. The zero-order chi connectivity index (χ0) is 15.1. The molecule has 4 atom stereocenters. The summed E-state index contributed by atoms with van der Waals surface area (Å²) in [6.45, 7) is 3.89. The minimum absolute atomic E-state index is 0.300. The average molecular weight is 287 g/mol. The summed E-state index contributed by atoms with van der Waals surface area (Å²) < 4.78 is 5.51. The number of anilines is 1. The molecule has 21 heavy (non-hydrogen) atoms. The van der Waals surface area contributed by atoms with Crippen molar-refractivity contribution in [1.82, 2.24) is 0 Å². The van der Waals surface area contributed by atoms with Crippen LogP contribution in [0.4, 0.5) is 5.69 Å². The molecule has 3 rings (SSSR count). The van der Waals surface area contributed by atoms with Crippen LogP contribution in [0.15, 0.2) is 30.4 Å². The first-order chi connectivity index (χ1) is 9.97. The predicted molar refractivity (Wildman–Crippen MR) is 77.0 cm³/mol. The monoisotopic (exact) mass is 287 g/mol. The van der Waals surface area contributed by atoms with Crippen molar-refractivity contribution >= 4 is 17.6 Å². The van der Waals surface area contributed by atoms with E-state index in [1.54, 1.807) is 12.2 Å². The molecule has 1 aromatic rings. The second-order valence-electron chi connectivity index (χ2n) is 5.65. The normalized spacial score (nSPS) is 29.6. The van der Waals surface area contributed by atoms with E-state index in [9.17, 15) is 14.7 Å². The van der Waals surface area contributed by atoms with Gasteiger partial charge in [0.2, 0.25) is 5.91 Å². The molecule has 2 bridgehead atoms. The molecule has 1 fully saturated rings. The molecule has 2 aliphatic rings. The number of aliphatic carboxylic acids is 1. The summed E-state index contributed by atoms with van der Waals surface area (Å²) in [6, 6.07) is 5.72. The molecule has 110 valence electrons. The quantitative estimate of drug-likeness (QED) is 0.833. The number of rotatable bonds is 3. The molecule has 0 unspecified atom stereocenters. The Kier molecular flexibility index (Phi) is 3.29. The zero-order valence-corrected chi connectivity index (χ0v) is 11.9. The van der Waals surface area contributed by atoms with Gasteiger partial charge >= 0.3 is 5.97 Å². The van der Waals surface area contributed by atoms with Crippen LogP contribution in [0.1, 0.15) is 11.1 Å². The molecule has 0 saturated carbocycles. The number of carbonyl (C=O) groups is 2. The van der Waals surface area contributed by atoms with Gasteiger partial charge in [0, 0.05) is 5.69 Å². The number of fused-ring (bicyclic) bond motifs is 2. The van der Waals surface area contributed by atoms with Crippen LogP contribution in [0.2, 0.25) is 0 Å². The fourth-order valence-corrected chi connectivity index (χ4v) is 3.08. The van der Waals surface area contributed by atoms with Crippen LogP contribution in [-0.4, -0.2) is 29.2 Å². The maximum Gasteiger partial charge on any atom is 0.310 e. The van der Waals surface area contributed by atoms with Gasteiger partial charge in [-0.15, -0.1) is 0 Å². The second-order valence-corrected chi connectivity index (χ2v) is 5.65. The van der Waals surface area contributed by atoms with Crippen molar-refractivity contribution in [1.29, 1.82) is 0 Å². The molecule has 2 heterocycles. The summed E-state index contributed by atoms with van der Waals surface area (Å²) in [5.41, 5.74) is 2.77. The van der Waals surface area contributed by atoms with Gasteiger partial charge in [-0.1, -0.05) is 29.8 Å². The maximum atomic E-state index is 12.5. The van der Waals surface area contributed by atoms with Gasteiger partial charge < -0.3 is 15.2 Å². The lowest BCUT2D eigenvalue weighted by Gasteiger charge is -2.21. The summed E-state index contributed by atoms with van der Waals surface area (Å²) in [5.74, 6) is -2.79. The van der Waals surface area contributed by atoms with E-state index in [2.05, 4.69) is 5.32 Å². The van der Waals surface area contributed by atoms with Crippen molar-refractivity contribution in [3.8, 4) is 0 Å². The topological polar surface area (TPSA) is 75.6 Å². The first-order valence-electron chi connectivity index (χ1n) is 6.92. The van der Waals surface area contributed by atoms with Crippen molar-refractivity contribution < 1.29 is 19.4 Å². The van der Waals surface area contributed by atoms with E-state index in [0.717, 1.165) is 11.1 Å². The highest BCUT2D eigenvalue weighted by Crippen LogP contribution is 2.40. The van der Waals surface area contributed by atoms with Crippen LogP contribution in [0.5, 0.6) is 0 Å². The zero-order valence-electron chi connectivity index (χ0n) is 11.9. The summed E-state index contributed by atoms with van der Waals surface area (Å²) in [6.07, 6.45) is 2.56. The molecule has 1 aromatic carbocycles. The minimum atomic E-state index is -0.993. The van der Waals surface area contributed by atoms with Crippen LogP contribution in [0.25, 0.3) is 0 Å². The number of carboxylic acid groups (broad SMARTS) is 1. The molecule has 5 heteroatoms. The number of benzene rings is 1. The lowest BCUT2D eigenvalue weighted by Crippen LogP contribution is -2.39. The Morgan fingerprint density at radius 2 is 1.81 bits per heavy atom. The van der Waals surface area contributed by atoms with Gasteiger partial charge in [-0.3, -0.25) is 9.59 Å². The van der Waals surface area contributed by atoms with E-state index in [1.807, 2.05) is 32.0 Å². The summed E-state index contributed by atoms with van der Waals surface area (Å²) >= 11 is 0. The highest BCUT2D eigenvalue weighted by Gasteiger charge is 2.53. The fourth-order valence-electron chi connectivity index (χ4n) is 3.08. The highest BCUT2D eigenvalue weighted by atomic mass is 16.5. The molecule has 0 radical (unpaired) electrons. The van der Waals surface area contributed by atoms with E-state index >= 15 is 0 Å². The molecular weight excluding hydrogens is 270 g/mol. The van der Waals surface area contributed by atoms with Gasteiger partial charge in [0.05, 0.1) is 18.1 Å². The van der Waals surface area contributed by atoms with Gasteiger partial charge in [-0.2, -0.15) is 0 Å². The number of aryl methyl sites for hydroxylation is 2. The molecule has 0 aromatic heterocycles. The van der Waals surface area contributed by atoms with Crippen molar-refractivity contribution in [2.75, 3.05) is 5.32 Å². The highest BCUT2D eigenvalue weighted by molar-refractivity contribution is 5.97. The van der Waals surface area contributed by atoms with Crippen molar-refractivity contribution in [2.45, 2.75) is 26.1 Å². The molecule has 5 nitrogen and oxygen atoms in total.